The third-order valence-electron chi connectivity index (χ3n) is 11.8. The van der Waals surface area contributed by atoms with Crippen molar-refractivity contribution in [1.29, 1.82) is 0 Å². The van der Waals surface area contributed by atoms with Crippen LogP contribution < -0.4 is 15.0 Å². The minimum Gasteiger partial charge on any atom is -0.494 e. The number of carbonyl (C=O) groups excluding carboxylic acids is 4. The SMILES string of the molecule is CC(C)n1c2ccncc2c2ccc(-c3cnc(N4CC5(CCN(CCCOc6ccc7c(c6)C(=O)N(C6CCC(=O)NC6=O)C7=O)CC5)C4)c(F)c3)cc21. The first-order valence-corrected chi connectivity index (χ1v) is 19.1. The minimum absolute atomic E-state index is 0.0745. The fourth-order valence-electron chi connectivity index (χ4n) is 8.95. The summed E-state index contributed by atoms with van der Waals surface area (Å²) in [5, 5.41) is 4.45. The van der Waals surface area contributed by atoms with Crippen LogP contribution in [-0.4, -0.2) is 93.3 Å². The number of nitrogens with one attached hydrogen (secondary N) is 1. The quantitative estimate of drug-likeness (QED) is 0.148. The summed E-state index contributed by atoms with van der Waals surface area (Å²) in [6.45, 7) is 9.15. The molecular weight excluding hydrogens is 702 g/mol. The van der Waals surface area contributed by atoms with Crippen LogP contribution in [0.1, 0.15) is 72.7 Å². The van der Waals surface area contributed by atoms with Gasteiger partial charge in [-0.1, -0.05) is 12.1 Å². The van der Waals surface area contributed by atoms with Gasteiger partial charge in [0.05, 0.1) is 28.8 Å². The van der Waals surface area contributed by atoms with E-state index < -0.39 is 29.7 Å². The number of rotatable bonds is 9. The van der Waals surface area contributed by atoms with E-state index >= 15 is 4.39 Å². The van der Waals surface area contributed by atoms with Crippen molar-refractivity contribution in [1.82, 2.24) is 29.7 Å². The van der Waals surface area contributed by atoms with Gasteiger partial charge < -0.3 is 19.1 Å². The lowest BCUT2D eigenvalue weighted by Crippen LogP contribution is -2.61. The number of carbonyl (C=O) groups is 4. The smallest absolute Gasteiger partial charge is 0.262 e. The molecule has 1 unspecified atom stereocenters. The van der Waals surface area contributed by atoms with Crippen LogP contribution in [0.2, 0.25) is 0 Å². The molecule has 4 amide bonds. The molecule has 0 bridgehead atoms. The molecule has 4 aliphatic heterocycles. The summed E-state index contributed by atoms with van der Waals surface area (Å²) in [6.07, 6.45) is 8.56. The van der Waals surface area contributed by atoms with Crippen molar-refractivity contribution in [2.24, 2.45) is 5.41 Å². The molecule has 0 saturated carbocycles. The van der Waals surface area contributed by atoms with Gasteiger partial charge in [0.15, 0.2) is 11.6 Å². The first kappa shape index (κ1) is 35.0. The Morgan fingerprint density at radius 3 is 2.47 bits per heavy atom. The van der Waals surface area contributed by atoms with Crippen molar-refractivity contribution in [3.63, 3.8) is 0 Å². The number of pyridine rings is 2. The van der Waals surface area contributed by atoms with Crippen molar-refractivity contribution < 1.29 is 28.3 Å². The van der Waals surface area contributed by atoms with Gasteiger partial charge in [-0.25, -0.2) is 9.37 Å². The van der Waals surface area contributed by atoms with Crippen LogP contribution in [0.5, 0.6) is 5.75 Å². The van der Waals surface area contributed by atoms with E-state index in [2.05, 4.69) is 55.6 Å². The number of benzene rings is 2. The number of likely N-dealkylation sites (tertiary alicyclic amines) is 1. The first-order valence-electron chi connectivity index (χ1n) is 19.1. The molecule has 5 aromatic rings. The lowest BCUT2D eigenvalue weighted by molar-refractivity contribution is -0.136. The number of halogens is 1. The number of aromatic nitrogens is 3. The van der Waals surface area contributed by atoms with Crippen LogP contribution in [-0.2, 0) is 9.59 Å². The minimum atomic E-state index is -0.998. The van der Waals surface area contributed by atoms with E-state index in [0.29, 0.717) is 18.2 Å². The summed E-state index contributed by atoms with van der Waals surface area (Å²) in [5.74, 6) is -1.53. The van der Waals surface area contributed by atoms with E-state index in [4.69, 9.17) is 4.74 Å². The molecule has 4 aliphatic rings. The van der Waals surface area contributed by atoms with Crippen LogP contribution >= 0.6 is 0 Å². The largest absolute Gasteiger partial charge is 0.494 e. The topological polar surface area (TPSA) is 130 Å². The molecule has 55 heavy (non-hydrogen) atoms. The highest BCUT2D eigenvalue weighted by Crippen LogP contribution is 2.43. The summed E-state index contributed by atoms with van der Waals surface area (Å²) >= 11 is 0. The van der Waals surface area contributed by atoms with Crippen LogP contribution in [0, 0.1) is 11.2 Å². The number of ether oxygens (including phenoxy) is 1. The molecule has 3 fully saturated rings. The van der Waals surface area contributed by atoms with Gasteiger partial charge in [0.25, 0.3) is 11.8 Å². The summed E-state index contributed by atoms with van der Waals surface area (Å²) in [4.78, 5) is 64.4. The number of fused-ring (bicyclic) bond motifs is 4. The molecule has 1 atom stereocenters. The Labute approximate surface area is 317 Å². The Hall–Kier alpha value is -5.69. The third-order valence-corrected chi connectivity index (χ3v) is 11.8. The predicted molar refractivity (Wildman–Crippen MR) is 204 cm³/mol. The van der Waals surface area contributed by atoms with Gasteiger partial charge in [-0.2, -0.15) is 0 Å². The molecular formula is C42H42FN7O5. The number of hydrogen-bond donors (Lipinski definition) is 1. The molecule has 2 aromatic carbocycles. The van der Waals surface area contributed by atoms with Crippen LogP contribution in [0.4, 0.5) is 10.2 Å². The van der Waals surface area contributed by atoms with Gasteiger partial charge >= 0.3 is 0 Å². The number of nitrogens with zero attached hydrogens (tertiary/aromatic N) is 6. The maximum atomic E-state index is 15.6. The number of amides is 4. The molecule has 0 aliphatic carbocycles. The summed E-state index contributed by atoms with van der Waals surface area (Å²) in [5.41, 5.74) is 4.52. The summed E-state index contributed by atoms with van der Waals surface area (Å²) < 4.78 is 23.9. The molecule has 13 heteroatoms. The first-order chi connectivity index (χ1) is 26.6. The summed E-state index contributed by atoms with van der Waals surface area (Å²) in [7, 11) is 0. The van der Waals surface area contributed by atoms with Crippen molar-refractivity contribution in [2.45, 2.75) is 58.0 Å². The molecule has 3 aromatic heterocycles. The van der Waals surface area contributed by atoms with Crippen LogP contribution in [0.25, 0.3) is 32.9 Å². The molecule has 7 heterocycles. The van der Waals surface area contributed by atoms with Gasteiger partial charge in [-0.15, -0.1) is 0 Å². The Kier molecular flexibility index (Phi) is 8.64. The highest BCUT2D eigenvalue weighted by Gasteiger charge is 2.46. The molecule has 0 radical (unpaired) electrons. The van der Waals surface area contributed by atoms with Crippen molar-refractivity contribution in [3.8, 4) is 16.9 Å². The summed E-state index contributed by atoms with van der Waals surface area (Å²) in [6, 6.07) is 14.0. The Bertz CT molecular complexity index is 2390. The maximum Gasteiger partial charge on any atom is 0.262 e. The average molecular weight is 744 g/mol. The van der Waals surface area contributed by atoms with E-state index in [1.165, 1.54) is 0 Å². The van der Waals surface area contributed by atoms with E-state index in [1.54, 1.807) is 30.5 Å². The number of anilines is 1. The lowest BCUT2D eigenvalue weighted by atomic mass is 9.72. The van der Waals surface area contributed by atoms with E-state index in [9.17, 15) is 19.2 Å². The average Bonchev–Trinajstić information content (AvgIpc) is 3.63. The Morgan fingerprint density at radius 2 is 1.71 bits per heavy atom. The standard InChI is InChI=1S/C42H42FN7O5/c1-25(2)49-34-10-13-44-22-32(34)29-6-4-26(19-36(29)49)27-18-33(43)38(45-21-27)48-23-42(24-48)11-15-47(16-12-42)14-3-17-55-28-5-7-30-31(20-28)41(54)50(40(30)53)35-8-9-37(51)46-39(35)52/h4-7,10,13,18-22,25,35H,3,8-9,11-12,14-17,23-24H2,1-2H3,(H,46,51,52). The van der Waals surface area contributed by atoms with Crippen molar-refractivity contribution in [3.05, 3.63) is 84.1 Å². The van der Waals surface area contributed by atoms with Crippen LogP contribution in [0.15, 0.2) is 67.1 Å². The van der Waals surface area contributed by atoms with E-state index in [-0.39, 0.29) is 41.2 Å². The second-order valence-corrected chi connectivity index (χ2v) is 15.7. The molecule has 12 nitrogen and oxygen atoms in total. The normalized spacial score (nSPS) is 19.8. The van der Waals surface area contributed by atoms with Gasteiger partial charge in [0, 0.05) is 72.4 Å². The molecule has 9 rings (SSSR count). The Morgan fingerprint density at radius 1 is 0.909 bits per heavy atom. The maximum absolute atomic E-state index is 15.6. The fourth-order valence-corrected chi connectivity index (χ4v) is 8.95. The Balaban J connectivity index is 0.759. The fraction of sp³-hybridized carbons (Fsp3) is 0.381. The van der Waals surface area contributed by atoms with Gasteiger partial charge in [-0.3, -0.25) is 34.4 Å². The molecule has 282 valence electrons. The zero-order valence-electron chi connectivity index (χ0n) is 30.9. The second kappa shape index (κ2) is 13.6. The zero-order chi connectivity index (χ0) is 38.0. The van der Waals surface area contributed by atoms with E-state index in [0.717, 1.165) is 89.8 Å². The molecule has 3 saturated heterocycles. The van der Waals surface area contributed by atoms with Crippen molar-refractivity contribution >= 4 is 51.3 Å². The van der Waals surface area contributed by atoms with Crippen molar-refractivity contribution in [2.75, 3.05) is 44.2 Å². The van der Waals surface area contributed by atoms with Crippen LogP contribution in [0.3, 0.4) is 0 Å². The number of imide groups is 2. The second-order valence-electron chi connectivity index (χ2n) is 15.7. The zero-order valence-corrected chi connectivity index (χ0v) is 30.9. The predicted octanol–water partition coefficient (Wildman–Crippen LogP) is 5.74. The number of hydrogen-bond acceptors (Lipinski definition) is 9. The number of piperidine rings is 2. The highest BCUT2D eigenvalue weighted by atomic mass is 19.1. The lowest BCUT2D eigenvalue weighted by Gasteiger charge is -2.54. The highest BCUT2D eigenvalue weighted by molar-refractivity contribution is 6.23. The molecule has 1 spiro atoms. The third kappa shape index (κ3) is 6.10. The molecule has 1 N–H and O–H groups in total. The van der Waals surface area contributed by atoms with Gasteiger partial charge in [0.2, 0.25) is 11.8 Å². The monoisotopic (exact) mass is 743 g/mol. The van der Waals surface area contributed by atoms with Gasteiger partial charge in [-0.05, 0) is 94.6 Å². The van der Waals surface area contributed by atoms with Gasteiger partial charge in [0.1, 0.15) is 11.8 Å². The van der Waals surface area contributed by atoms with E-state index in [1.807, 2.05) is 24.5 Å².